The average molecular weight is 342 g/mol. The maximum atomic E-state index is 12.2. The highest BCUT2D eigenvalue weighted by Crippen LogP contribution is 2.27. The first-order chi connectivity index (χ1) is 11.0. The van der Waals surface area contributed by atoms with Crippen LogP contribution in [0.3, 0.4) is 0 Å². The van der Waals surface area contributed by atoms with Gasteiger partial charge in [-0.15, -0.1) is 0 Å². The lowest BCUT2D eigenvalue weighted by Crippen LogP contribution is -2.40. The number of sulfonamides is 1. The Kier molecular flexibility index (Phi) is 6.52. The van der Waals surface area contributed by atoms with Crippen LogP contribution < -0.4 is 9.62 Å². The largest absolute Gasteiger partial charge is 0.382 e. The molecule has 0 saturated carbocycles. The summed E-state index contributed by atoms with van der Waals surface area (Å²) in [4.78, 5) is 13.8. The molecule has 1 N–H and O–H groups in total. The van der Waals surface area contributed by atoms with Crippen LogP contribution in [0.5, 0.6) is 0 Å². The van der Waals surface area contributed by atoms with Crippen LogP contribution in [0.2, 0.25) is 0 Å². The van der Waals surface area contributed by atoms with Crippen LogP contribution >= 0.6 is 0 Å². The van der Waals surface area contributed by atoms with Crippen molar-refractivity contribution in [1.29, 1.82) is 0 Å². The first-order valence-corrected chi connectivity index (χ1v) is 9.11. The SMILES string of the molecule is COCCOCCS(=O)(=O)NCC(=O)N1CCc2ccccc21. The third-order valence-electron chi connectivity index (χ3n) is 3.56. The number of hydrogen-bond donors (Lipinski definition) is 1. The second-order valence-corrected chi connectivity index (χ2v) is 7.10. The fourth-order valence-corrected chi connectivity index (χ4v) is 3.17. The van der Waals surface area contributed by atoms with Crippen molar-refractivity contribution in [3.8, 4) is 0 Å². The van der Waals surface area contributed by atoms with E-state index in [0.29, 0.717) is 19.8 Å². The molecule has 0 radical (unpaired) electrons. The predicted molar refractivity (Wildman–Crippen MR) is 87.0 cm³/mol. The molecule has 1 heterocycles. The third kappa shape index (κ3) is 5.28. The number of carbonyl (C=O) groups excluding carboxylic acids is 1. The molecule has 2 rings (SSSR count). The Morgan fingerprint density at radius 3 is 2.83 bits per heavy atom. The summed E-state index contributed by atoms with van der Waals surface area (Å²) in [6.45, 7) is 1.17. The zero-order valence-electron chi connectivity index (χ0n) is 13.2. The Bertz CT molecular complexity index is 633. The summed E-state index contributed by atoms with van der Waals surface area (Å²) in [6, 6.07) is 7.65. The highest BCUT2D eigenvalue weighted by Gasteiger charge is 2.24. The van der Waals surface area contributed by atoms with Crippen LogP contribution in [-0.2, 0) is 30.7 Å². The highest BCUT2D eigenvalue weighted by molar-refractivity contribution is 7.89. The summed E-state index contributed by atoms with van der Waals surface area (Å²) >= 11 is 0. The van der Waals surface area contributed by atoms with Gasteiger partial charge in [0, 0.05) is 19.3 Å². The van der Waals surface area contributed by atoms with E-state index in [0.717, 1.165) is 17.7 Å². The Balaban J connectivity index is 1.78. The van der Waals surface area contributed by atoms with Gasteiger partial charge in [0.2, 0.25) is 15.9 Å². The number of carbonyl (C=O) groups is 1. The molecule has 1 aliphatic heterocycles. The van der Waals surface area contributed by atoms with Gasteiger partial charge in [0.25, 0.3) is 0 Å². The Morgan fingerprint density at radius 1 is 1.26 bits per heavy atom. The van der Waals surface area contributed by atoms with Crippen LogP contribution in [0.4, 0.5) is 5.69 Å². The monoisotopic (exact) mass is 342 g/mol. The first-order valence-electron chi connectivity index (χ1n) is 7.46. The van der Waals surface area contributed by atoms with E-state index >= 15 is 0 Å². The van der Waals surface area contributed by atoms with Crippen molar-refractivity contribution < 1.29 is 22.7 Å². The van der Waals surface area contributed by atoms with Crippen molar-refractivity contribution in [3.63, 3.8) is 0 Å². The quantitative estimate of drug-likeness (QED) is 0.646. The average Bonchev–Trinajstić information content (AvgIpc) is 2.96. The molecule has 1 aromatic rings. The van der Waals surface area contributed by atoms with Crippen LogP contribution in [0, 0.1) is 0 Å². The number of fused-ring (bicyclic) bond motifs is 1. The molecule has 1 aliphatic rings. The maximum absolute atomic E-state index is 12.2. The van der Waals surface area contributed by atoms with Gasteiger partial charge in [-0.05, 0) is 18.1 Å². The van der Waals surface area contributed by atoms with E-state index in [9.17, 15) is 13.2 Å². The van der Waals surface area contributed by atoms with Gasteiger partial charge in [-0.3, -0.25) is 4.79 Å². The molecule has 8 heteroatoms. The number of nitrogens with one attached hydrogen (secondary N) is 1. The van der Waals surface area contributed by atoms with Gasteiger partial charge in [0.15, 0.2) is 0 Å². The molecule has 0 fully saturated rings. The first kappa shape index (κ1) is 17.9. The number of anilines is 1. The van der Waals surface area contributed by atoms with Crippen LogP contribution in [-0.4, -0.2) is 60.1 Å². The van der Waals surface area contributed by atoms with E-state index in [1.54, 1.807) is 12.0 Å². The lowest BCUT2D eigenvalue weighted by molar-refractivity contribution is -0.117. The van der Waals surface area contributed by atoms with Gasteiger partial charge in [0.05, 0.1) is 32.1 Å². The van der Waals surface area contributed by atoms with E-state index in [2.05, 4.69) is 4.72 Å². The molecule has 0 aromatic heterocycles. The zero-order valence-corrected chi connectivity index (χ0v) is 14.0. The molecule has 0 spiro atoms. The second-order valence-electron chi connectivity index (χ2n) is 5.17. The second kappa shape index (κ2) is 8.39. The van der Waals surface area contributed by atoms with Crippen LogP contribution in [0.25, 0.3) is 0 Å². The van der Waals surface area contributed by atoms with E-state index in [1.807, 2.05) is 24.3 Å². The number of hydrogen-bond acceptors (Lipinski definition) is 5. The van der Waals surface area contributed by atoms with Crippen molar-refractivity contribution in [3.05, 3.63) is 29.8 Å². The van der Waals surface area contributed by atoms with Gasteiger partial charge in [-0.1, -0.05) is 18.2 Å². The molecule has 0 saturated heterocycles. The van der Waals surface area contributed by atoms with Gasteiger partial charge in [-0.25, -0.2) is 13.1 Å². The van der Waals surface area contributed by atoms with Crippen LogP contribution in [0.1, 0.15) is 5.56 Å². The number of para-hydroxylation sites is 1. The lowest BCUT2D eigenvalue weighted by Gasteiger charge is -2.17. The van der Waals surface area contributed by atoms with Crippen molar-refractivity contribution >= 4 is 21.6 Å². The number of ether oxygens (including phenoxy) is 2. The predicted octanol–water partition coefficient (Wildman–Crippen LogP) is 0.158. The summed E-state index contributed by atoms with van der Waals surface area (Å²) in [6.07, 6.45) is 0.794. The zero-order chi connectivity index (χ0) is 16.7. The number of benzene rings is 1. The van der Waals surface area contributed by atoms with E-state index in [4.69, 9.17) is 9.47 Å². The standard InChI is InChI=1S/C15H22N2O5S/c1-21-8-9-22-10-11-23(19,20)16-12-15(18)17-7-6-13-4-2-3-5-14(13)17/h2-5,16H,6-12H2,1H3. The highest BCUT2D eigenvalue weighted by atomic mass is 32.2. The fourth-order valence-electron chi connectivity index (χ4n) is 2.35. The smallest absolute Gasteiger partial charge is 0.242 e. The van der Waals surface area contributed by atoms with Crippen molar-refractivity contribution in [2.45, 2.75) is 6.42 Å². The summed E-state index contributed by atoms with van der Waals surface area (Å²) in [5.74, 6) is -0.431. The number of amides is 1. The minimum absolute atomic E-state index is 0.0689. The van der Waals surface area contributed by atoms with Crippen molar-refractivity contribution in [1.82, 2.24) is 4.72 Å². The molecule has 128 valence electrons. The summed E-state index contributed by atoms with van der Waals surface area (Å²) in [5, 5.41) is 0. The molecule has 0 unspecified atom stereocenters. The Labute approximate surface area is 136 Å². The molecule has 1 aromatic carbocycles. The van der Waals surface area contributed by atoms with E-state index in [1.165, 1.54) is 0 Å². The fraction of sp³-hybridized carbons (Fsp3) is 0.533. The summed E-state index contributed by atoms with van der Waals surface area (Å²) in [7, 11) is -1.99. The maximum Gasteiger partial charge on any atom is 0.242 e. The number of nitrogens with zero attached hydrogens (tertiary/aromatic N) is 1. The van der Waals surface area contributed by atoms with E-state index in [-0.39, 0.29) is 24.8 Å². The van der Waals surface area contributed by atoms with Gasteiger partial charge in [-0.2, -0.15) is 0 Å². The summed E-state index contributed by atoms with van der Waals surface area (Å²) in [5.41, 5.74) is 1.97. The van der Waals surface area contributed by atoms with Crippen molar-refractivity contribution in [2.24, 2.45) is 0 Å². The Morgan fingerprint density at radius 2 is 2.04 bits per heavy atom. The molecule has 0 bridgehead atoms. The molecule has 23 heavy (non-hydrogen) atoms. The number of methoxy groups -OCH3 is 1. The Hall–Kier alpha value is -1.48. The molecule has 0 atom stereocenters. The lowest BCUT2D eigenvalue weighted by atomic mass is 10.2. The minimum atomic E-state index is -3.53. The number of rotatable bonds is 9. The van der Waals surface area contributed by atoms with Gasteiger partial charge in [0.1, 0.15) is 0 Å². The van der Waals surface area contributed by atoms with Gasteiger partial charge >= 0.3 is 0 Å². The molecule has 0 aliphatic carbocycles. The van der Waals surface area contributed by atoms with Gasteiger partial charge < -0.3 is 14.4 Å². The van der Waals surface area contributed by atoms with E-state index < -0.39 is 10.0 Å². The summed E-state index contributed by atoms with van der Waals surface area (Å²) < 4.78 is 35.9. The normalized spacial score (nSPS) is 14.0. The van der Waals surface area contributed by atoms with Crippen LogP contribution in [0.15, 0.2) is 24.3 Å². The third-order valence-corrected chi connectivity index (χ3v) is 4.85. The molecule has 1 amide bonds. The van der Waals surface area contributed by atoms with Crippen molar-refractivity contribution in [2.75, 3.05) is 50.7 Å². The molecule has 7 nitrogen and oxygen atoms in total. The topological polar surface area (TPSA) is 84.9 Å². The molecular formula is C15H22N2O5S. The minimum Gasteiger partial charge on any atom is -0.382 e. The molecular weight excluding hydrogens is 320 g/mol.